The number of benzene rings is 3. The number of Topliss-reactive ketones (excluding diaryl/α,β-unsaturated/α-hetero) is 1. The molecule has 206 valence electrons. The van der Waals surface area contributed by atoms with Gasteiger partial charge in [0.25, 0.3) is 11.8 Å². The molecule has 9 heteroatoms. The van der Waals surface area contributed by atoms with Crippen LogP contribution < -0.4 is 10.2 Å². The number of hydrogen-bond acceptors (Lipinski definition) is 6. The van der Waals surface area contributed by atoms with Crippen molar-refractivity contribution in [3.05, 3.63) is 95.6 Å². The average Bonchev–Trinajstić information content (AvgIpc) is 3.54. The second-order valence-electron chi connectivity index (χ2n) is 10.4. The summed E-state index contributed by atoms with van der Waals surface area (Å²) in [5, 5.41) is 12.6. The van der Waals surface area contributed by atoms with Gasteiger partial charge in [0.2, 0.25) is 5.91 Å². The Morgan fingerprint density at radius 3 is 2.25 bits per heavy atom. The standard InChI is InChI=1S/C31H32N4O5/c1-33(2)23-12-10-21(11-13-23)29(38)32-25(18-20-8-14-24(36)15-9-20)31(40)34-17-16-26-28(34)27(37)19-35(26)30(39)22-6-4-3-5-7-22/h3-15,25-26,28,36H,16-19H2,1-2H3,(H,32,38)/t25-,26?,28-/m0/s1. The average molecular weight is 541 g/mol. The van der Waals surface area contributed by atoms with E-state index in [0.29, 0.717) is 24.1 Å². The largest absolute Gasteiger partial charge is 0.508 e. The van der Waals surface area contributed by atoms with E-state index in [9.17, 15) is 24.3 Å². The molecule has 0 bridgehead atoms. The molecule has 2 aliphatic rings. The van der Waals surface area contributed by atoms with Crippen LogP contribution >= 0.6 is 0 Å². The molecule has 3 atom stereocenters. The molecular formula is C31H32N4O5. The molecule has 2 N–H and O–H groups in total. The normalized spacial score (nSPS) is 18.8. The fourth-order valence-electron chi connectivity index (χ4n) is 5.51. The highest BCUT2D eigenvalue weighted by molar-refractivity contribution is 6.03. The molecule has 0 spiro atoms. The van der Waals surface area contributed by atoms with Crippen molar-refractivity contribution in [2.24, 2.45) is 0 Å². The Bertz CT molecular complexity index is 1410. The molecule has 2 saturated heterocycles. The lowest BCUT2D eigenvalue weighted by Gasteiger charge is -2.28. The third-order valence-electron chi connectivity index (χ3n) is 7.61. The van der Waals surface area contributed by atoms with Crippen molar-refractivity contribution in [2.45, 2.75) is 31.0 Å². The number of likely N-dealkylation sites (tertiary alicyclic amines) is 2. The molecule has 1 unspecified atom stereocenters. The molecule has 0 radical (unpaired) electrons. The Morgan fingerprint density at radius 2 is 1.60 bits per heavy atom. The molecular weight excluding hydrogens is 508 g/mol. The minimum absolute atomic E-state index is 0.0555. The fourth-order valence-corrected chi connectivity index (χ4v) is 5.51. The minimum atomic E-state index is -0.948. The first kappa shape index (κ1) is 26.9. The second kappa shape index (κ2) is 11.2. The Balaban J connectivity index is 1.37. The van der Waals surface area contributed by atoms with Crippen molar-refractivity contribution in [3.8, 4) is 5.75 Å². The first-order valence-electron chi connectivity index (χ1n) is 13.3. The molecule has 2 fully saturated rings. The fraction of sp³-hybridized carbons (Fsp3) is 0.290. The molecule has 2 aliphatic heterocycles. The summed E-state index contributed by atoms with van der Waals surface area (Å²) < 4.78 is 0. The molecule has 0 aromatic heterocycles. The van der Waals surface area contributed by atoms with Gasteiger partial charge in [0.1, 0.15) is 17.8 Å². The van der Waals surface area contributed by atoms with Crippen molar-refractivity contribution in [3.63, 3.8) is 0 Å². The Hall–Kier alpha value is -4.66. The van der Waals surface area contributed by atoms with Gasteiger partial charge in [0, 0.05) is 43.9 Å². The van der Waals surface area contributed by atoms with Crippen LogP contribution in [0.1, 0.15) is 32.7 Å². The Labute approximate surface area is 233 Å². The lowest BCUT2D eigenvalue weighted by molar-refractivity contribution is -0.138. The molecule has 3 amide bonds. The van der Waals surface area contributed by atoms with Gasteiger partial charge >= 0.3 is 0 Å². The molecule has 40 heavy (non-hydrogen) atoms. The lowest BCUT2D eigenvalue weighted by Crippen LogP contribution is -2.53. The van der Waals surface area contributed by atoms with Gasteiger partial charge in [-0.2, -0.15) is 0 Å². The quantitative estimate of drug-likeness (QED) is 0.477. The topological polar surface area (TPSA) is 110 Å². The lowest BCUT2D eigenvalue weighted by atomic mass is 10.0. The highest BCUT2D eigenvalue weighted by atomic mass is 16.3. The maximum absolute atomic E-state index is 14.0. The summed E-state index contributed by atoms with van der Waals surface area (Å²) in [5.41, 5.74) is 2.59. The van der Waals surface area contributed by atoms with Crippen molar-refractivity contribution >= 4 is 29.2 Å². The molecule has 9 nitrogen and oxygen atoms in total. The number of nitrogens with zero attached hydrogens (tertiary/aromatic N) is 3. The molecule has 2 heterocycles. The SMILES string of the molecule is CN(C)c1ccc(C(=O)N[C@@H](Cc2ccc(O)cc2)C(=O)N2CCC3[C@H]2C(=O)CN3C(=O)c2ccccc2)cc1. The van der Waals surface area contributed by atoms with Crippen molar-refractivity contribution < 1.29 is 24.3 Å². The summed E-state index contributed by atoms with van der Waals surface area (Å²) >= 11 is 0. The zero-order chi connectivity index (χ0) is 28.4. The third kappa shape index (κ3) is 5.40. The predicted octanol–water partition coefficient (Wildman–Crippen LogP) is 2.49. The highest BCUT2D eigenvalue weighted by Gasteiger charge is 2.52. The summed E-state index contributed by atoms with van der Waals surface area (Å²) in [5.74, 6) is -1.10. The van der Waals surface area contributed by atoms with Gasteiger partial charge in [-0.25, -0.2) is 0 Å². The molecule has 0 aliphatic carbocycles. The van der Waals surface area contributed by atoms with Crippen LogP contribution in [0.25, 0.3) is 0 Å². The van der Waals surface area contributed by atoms with E-state index in [1.165, 1.54) is 17.0 Å². The number of nitrogens with one attached hydrogen (secondary N) is 1. The Kier molecular flexibility index (Phi) is 7.55. The number of carbonyl (C=O) groups is 4. The van der Waals surface area contributed by atoms with E-state index < -0.39 is 24.0 Å². The number of phenolic OH excluding ortho intramolecular Hbond substituents is 1. The van der Waals surface area contributed by atoms with Gasteiger partial charge in [0.15, 0.2) is 5.78 Å². The number of phenols is 1. The van der Waals surface area contributed by atoms with Crippen LogP contribution in [-0.4, -0.2) is 83.7 Å². The first-order chi connectivity index (χ1) is 19.2. The number of ketones is 1. The number of hydrogen-bond donors (Lipinski definition) is 2. The molecule has 3 aromatic rings. The van der Waals surface area contributed by atoms with E-state index in [1.807, 2.05) is 37.2 Å². The van der Waals surface area contributed by atoms with Crippen LogP contribution in [-0.2, 0) is 16.0 Å². The summed E-state index contributed by atoms with van der Waals surface area (Å²) in [7, 11) is 3.81. The number of rotatable bonds is 7. The molecule has 3 aromatic carbocycles. The van der Waals surface area contributed by atoms with Crippen molar-refractivity contribution in [1.82, 2.24) is 15.1 Å². The van der Waals surface area contributed by atoms with Crippen LogP contribution in [0.2, 0.25) is 0 Å². The highest BCUT2D eigenvalue weighted by Crippen LogP contribution is 2.31. The zero-order valence-electron chi connectivity index (χ0n) is 22.5. The second-order valence-corrected chi connectivity index (χ2v) is 10.4. The van der Waals surface area contributed by atoms with E-state index in [4.69, 9.17) is 0 Å². The number of carbonyl (C=O) groups excluding carboxylic acids is 4. The zero-order valence-corrected chi connectivity index (χ0v) is 22.5. The smallest absolute Gasteiger partial charge is 0.254 e. The third-order valence-corrected chi connectivity index (χ3v) is 7.61. The number of anilines is 1. The van der Waals surface area contributed by atoms with Gasteiger partial charge < -0.3 is 25.1 Å². The van der Waals surface area contributed by atoms with Crippen molar-refractivity contribution in [1.29, 1.82) is 0 Å². The van der Waals surface area contributed by atoms with Gasteiger partial charge in [-0.15, -0.1) is 0 Å². The minimum Gasteiger partial charge on any atom is -0.508 e. The van der Waals surface area contributed by atoms with Crippen molar-refractivity contribution in [2.75, 3.05) is 32.1 Å². The summed E-state index contributed by atoms with van der Waals surface area (Å²) in [6, 6.07) is 20.2. The monoisotopic (exact) mass is 540 g/mol. The van der Waals surface area contributed by atoms with Crippen LogP contribution in [0.5, 0.6) is 5.75 Å². The van der Waals surface area contributed by atoms with Crippen LogP contribution in [0.3, 0.4) is 0 Å². The predicted molar refractivity (Wildman–Crippen MR) is 150 cm³/mol. The summed E-state index contributed by atoms with van der Waals surface area (Å²) in [4.78, 5) is 58.5. The number of fused-ring (bicyclic) bond motifs is 1. The van der Waals surface area contributed by atoms with Gasteiger partial charge in [-0.05, 0) is 60.5 Å². The number of amides is 3. The van der Waals surface area contributed by atoms with Crippen LogP contribution in [0.15, 0.2) is 78.9 Å². The van der Waals surface area contributed by atoms with E-state index in [2.05, 4.69) is 5.32 Å². The van der Waals surface area contributed by atoms with E-state index in [1.54, 1.807) is 53.4 Å². The molecule has 5 rings (SSSR count). The molecule has 0 saturated carbocycles. The maximum atomic E-state index is 14.0. The maximum Gasteiger partial charge on any atom is 0.254 e. The van der Waals surface area contributed by atoms with Gasteiger partial charge in [0.05, 0.1) is 12.6 Å². The van der Waals surface area contributed by atoms with E-state index in [-0.39, 0.29) is 36.3 Å². The van der Waals surface area contributed by atoms with E-state index in [0.717, 1.165) is 11.3 Å². The first-order valence-corrected chi connectivity index (χ1v) is 13.3. The van der Waals surface area contributed by atoms with Crippen LogP contribution in [0.4, 0.5) is 5.69 Å². The Morgan fingerprint density at radius 1 is 0.925 bits per heavy atom. The van der Waals surface area contributed by atoms with Crippen LogP contribution in [0, 0.1) is 0 Å². The number of aromatic hydroxyl groups is 1. The van der Waals surface area contributed by atoms with Gasteiger partial charge in [-0.3, -0.25) is 19.2 Å². The van der Waals surface area contributed by atoms with E-state index >= 15 is 0 Å². The summed E-state index contributed by atoms with van der Waals surface area (Å²) in [6.45, 7) is 0.248. The van der Waals surface area contributed by atoms with Gasteiger partial charge in [-0.1, -0.05) is 30.3 Å². The summed E-state index contributed by atoms with van der Waals surface area (Å²) in [6.07, 6.45) is 0.655.